The molecule has 1 heterocycles. The Balaban J connectivity index is 2.08. The fourth-order valence-corrected chi connectivity index (χ4v) is 5.99. The largest absolute Gasteiger partial charge is 0.481 e. The van der Waals surface area contributed by atoms with Gasteiger partial charge in [-0.15, -0.1) is 0 Å². The van der Waals surface area contributed by atoms with Crippen LogP contribution in [-0.2, 0) is 14.4 Å². The van der Waals surface area contributed by atoms with Gasteiger partial charge in [0, 0.05) is 17.9 Å². The summed E-state index contributed by atoms with van der Waals surface area (Å²) in [6, 6.07) is 1.60. The van der Waals surface area contributed by atoms with Crippen molar-refractivity contribution in [2.45, 2.75) is 58.2 Å². The smallest absolute Gasteiger partial charge is 0.307 e. The predicted octanol–water partition coefficient (Wildman–Crippen LogP) is 2.25. The molecule has 0 radical (unpaired) electrons. The molecule has 0 unspecified atom stereocenters. The van der Waals surface area contributed by atoms with E-state index >= 15 is 0 Å². The first kappa shape index (κ1) is 21.5. The lowest BCUT2D eigenvalue weighted by atomic mass is 9.43. The Morgan fingerprint density at radius 2 is 2.00 bits per heavy atom. The Labute approximate surface area is 168 Å². The van der Waals surface area contributed by atoms with E-state index in [4.69, 9.17) is 4.42 Å². The van der Waals surface area contributed by atoms with E-state index < -0.39 is 58.5 Å². The molecule has 0 spiro atoms. The maximum absolute atomic E-state index is 13.2. The molecule has 0 bridgehead atoms. The van der Waals surface area contributed by atoms with Crippen molar-refractivity contribution in [3.8, 4) is 0 Å². The molecule has 2 saturated carbocycles. The number of carboxylic acid groups (broad SMARTS) is 2. The quantitative estimate of drug-likeness (QED) is 0.561. The molecule has 1 aromatic rings. The number of Topliss-reactive ketones (excluding diaryl/α,β-unsaturated/α-hetero) is 1. The molecule has 4 N–H and O–H groups in total. The molecule has 0 aromatic carbocycles. The lowest BCUT2D eigenvalue weighted by Crippen LogP contribution is -2.62. The van der Waals surface area contributed by atoms with E-state index in [9.17, 15) is 34.8 Å². The van der Waals surface area contributed by atoms with E-state index in [2.05, 4.69) is 0 Å². The van der Waals surface area contributed by atoms with Crippen LogP contribution in [-0.4, -0.2) is 44.3 Å². The van der Waals surface area contributed by atoms with E-state index in [0.29, 0.717) is 18.4 Å². The average Bonchev–Trinajstić information content (AvgIpc) is 3.15. The number of hydrogen-bond acceptors (Lipinski definition) is 6. The maximum atomic E-state index is 13.2. The standard InChI is InChI=1S/C21H28O8/c1-20-5-3-12(7-16(24)25)21(2,9-15(23)11-4-6-29-10-11)18(20)17(26)14(22)8-13(20)19(27)28/h4,6,10,12-15,18,22-23H,3,5,7-9H2,1-2H3,(H,24,25)(H,27,28)/t12-,13+,14+,15+,18+,20+,21-/m1/s1. The summed E-state index contributed by atoms with van der Waals surface area (Å²) in [7, 11) is 0. The highest BCUT2D eigenvalue weighted by molar-refractivity contribution is 5.90. The van der Waals surface area contributed by atoms with Crippen molar-refractivity contribution in [1.29, 1.82) is 0 Å². The van der Waals surface area contributed by atoms with Gasteiger partial charge in [-0.05, 0) is 48.5 Å². The van der Waals surface area contributed by atoms with Gasteiger partial charge in [0.15, 0.2) is 5.78 Å². The zero-order valence-electron chi connectivity index (χ0n) is 16.6. The van der Waals surface area contributed by atoms with Crippen LogP contribution in [0, 0.1) is 28.6 Å². The topological polar surface area (TPSA) is 145 Å². The van der Waals surface area contributed by atoms with E-state index in [-0.39, 0.29) is 19.3 Å². The summed E-state index contributed by atoms with van der Waals surface area (Å²) in [4.78, 5) is 36.6. The molecule has 160 valence electrons. The van der Waals surface area contributed by atoms with Gasteiger partial charge in [-0.2, -0.15) is 0 Å². The van der Waals surface area contributed by atoms with Crippen molar-refractivity contribution in [1.82, 2.24) is 0 Å². The van der Waals surface area contributed by atoms with Gasteiger partial charge in [-0.1, -0.05) is 13.8 Å². The molecule has 29 heavy (non-hydrogen) atoms. The number of aliphatic carboxylic acids is 2. The van der Waals surface area contributed by atoms with E-state index in [1.807, 2.05) is 0 Å². The van der Waals surface area contributed by atoms with E-state index in [0.717, 1.165) is 0 Å². The molecule has 2 aliphatic rings. The molecular weight excluding hydrogens is 380 g/mol. The minimum atomic E-state index is -1.41. The van der Waals surface area contributed by atoms with Crippen molar-refractivity contribution >= 4 is 17.7 Å². The van der Waals surface area contributed by atoms with Gasteiger partial charge < -0.3 is 24.8 Å². The molecule has 0 amide bonds. The average molecular weight is 408 g/mol. The lowest BCUT2D eigenvalue weighted by Gasteiger charge is -2.60. The molecule has 7 atom stereocenters. The summed E-state index contributed by atoms with van der Waals surface area (Å²) < 4.78 is 5.02. The summed E-state index contributed by atoms with van der Waals surface area (Å²) in [5.74, 6) is -4.78. The van der Waals surface area contributed by atoms with Gasteiger partial charge in [0.2, 0.25) is 0 Å². The Kier molecular flexibility index (Phi) is 5.62. The molecule has 0 aliphatic heterocycles. The molecule has 8 heteroatoms. The van der Waals surface area contributed by atoms with Crippen molar-refractivity contribution in [3.63, 3.8) is 0 Å². The monoisotopic (exact) mass is 408 g/mol. The Bertz CT molecular complexity index is 787. The minimum Gasteiger partial charge on any atom is -0.481 e. The number of carbonyl (C=O) groups is 3. The molecule has 2 aliphatic carbocycles. The van der Waals surface area contributed by atoms with Gasteiger partial charge in [-0.3, -0.25) is 14.4 Å². The highest BCUT2D eigenvalue weighted by Crippen LogP contribution is 2.63. The molecule has 2 fully saturated rings. The van der Waals surface area contributed by atoms with Crippen LogP contribution in [0.2, 0.25) is 0 Å². The fourth-order valence-electron chi connectivity index (χ4n) is 5.99. The second-order valence-electron chi connectivity index (χ2n) is 9.10. The van der Waals surface area contributed by atoms with Crippen LogP contribution in [0.1, 0.15) is 57.6 Å². The van der Waals surface area contributed by atoms with Gasteiger partial charge >= 0.3 is 11.9 Å². The van der Waals surface area contributed by atoms with Crippen LogP contribution in [0.15, 0.2) is 23.0 Å². The molecule has 8 nitrogen and oxygen atoms in total. The Morgan fingerprint density at radius 1 is 1.31 bits per heavy atom. The molecule has 3 rings (SSSR count). The number of ketones is 1. The zero-order chi connectivity index (χ0) is 21.6. The highest BCUT2D eigenvalue weighted by Gasteiger charge is 2.64. The third kappa shape index (κ3) is 3.59. The zero-order valence-corrected chi connectivity index (χ0v) is 16.6. The van der Waals surface area contributed by atoms with Crippen molar-refractivity contribution < 1.29 is 39.2 Å². The lowest BCUT2D eigenvalue weighted by molar-refractivity contribution is -0.186. The first-order valence-corrected chi connectivity index (χ1v) is 9.87. The number of rotatable bonds is 6. The van der Waals surface area contributed by atoms with Gasteiger partial charge in [0.05, 0.1) is 24.5 Å². The number of aliphatic hydroxyl groups excluding tert-OH is 2. The number of fused-ring (bicyclic) bond motifs is 1. The number of hydrogen-bond donors (Lipinski definition) is 4. The number of aliphatic hydroxyl groups is 2. The summed E-state index contributed by atoms with van der Waals surface area (Å²) >= 11 is 0. The highest BCUT2D eigenvalue weighted by atomic mass is 16.4. The molecular formula is C21H28O8. The predicted molar refractivity (Wildman–Crippen MR) is 99.7 cm³/mol. The van der Waals surface area contributed by atoms with Crippen LogP contribution in [0.3, 0.4) is 0 Å². The summed E-state index contributed by atoms with van der Waals surface area (Å²) in [6.07, 6.45) is 0.916. The van der Waals surface area contributed by atoms with Crippen molar-refractivity contribution in [2.75, 3.05) is 0 Å². The van der Waals surface area contributed by atoms with Crippen LogP contribution in [0.4, 0.5) is 0 Å². The van der Waals surface area contributed by atoms with Crippen molar-refractivity contribution in [2.24, 2.45) is 28.6 Å². The third-order valence-electron chi connectivity index (χ3n) is 7.43. The fraction of sp³-hybridized carbons (Fsp3) is 0.667. The van der Waals surface area contributed by atoms with Gasteiger partial charge in [-0.25, -0.2) is 0 Å². The number of carboxylic acids is 2. The minimum absolute atomic E-state index is 0.0650. The maximum Gasteiger partial charge on any atom is 0.307 e. The summed E-state index contributed by atoms with van der Waals surface area (Å²) in [6.45, 7) is 3.50. The first-order chi connectivity index (χ1) is 13.5. The van der Waals surface area contributed by atoms with Crippen LogP contribution < -0.4 is 0 Å². The SMILES string of the molecule is C[C@@]1(C[C@H](O)c2ccoc2)[C@@H](CC(=O)O)CC[C@]2(C)[C@@H]1C(=O)[C@@H](O)C[C@H]2C(=O)O. The van der Waals surface area contributed by atoms with Crippen LogP contribution in [0.25, 0.3) is 0 Å². The van der Waals surface area contributed by atoms with Crippen LogP contribution >= 0.6 is 0 Å². The second kappa shape index (κ2) is 7.57. The third-order valence-corrected chi connectivity index (χ3v) is 7.43. The Morgan fingerprint density at radius 3 is 2.55 bits per heavy atom. The van der Waals surface area contributed by atoms with E-state index in [1.54, 1.807) is 19.9 Å². The second-order valence-corrected chi connectivity index (χ2v) is 9.10. The van der Waals surface area contributed by atoms with Crippen LogP contribution in [0.5, 0.6) is 0 Å². The normalized spacial score (nSPS) is 38.3. The molecule has 1 aromatic heterocycles. The Hall–Kier alpha value is -2.19. The number of carbonyl (C=O) groups excluding carboxylic acids is 1. The summed E-state index contributed by atoms with van der Waals surface area (Å²) in [5.41, 5.74) is -1.43. The van der Waals surface area contributed by atoms with E-state index in [1.165, 1.54) is 12.5 Å². The molecule has 0 saturated heterocycles. The van der Waals surface area contributed by atoms with Crippen molar-refractivity contribution in [3.05, 3.63) is 24.2 Å². The van der Waals surface area contributed by atoms with Gasteiger partial charge in [0.25, 0.3) is 0 Å². The first-order valence-electron chi connectivity index (χ1n) is 9.87. The van der Waals surface area contributed by atoms with Gasteiger partial charge in [0.1, 0.15) is 6.10 Å². The number of furan rings is 1. The summed E-state index contributed by atoms with van der Waals surface area (Å²) in [5, 5.41) is 40.4.